The molecule has 0 spiro atoms. The Morgan fingerprint density at radius 3 is 2.90 bits per heavy atom. The molecule has 0 bridgehead atoms. The molecule has 3 N–H and O–H groups in total. The predicted octanol–water partition coefficient (Wildman–Crippen LogP) is 1.74. The molecule has 0 radical (unpaired) electrons. The van der Waals surface area contributed by atoms with Gasteiger partial charge in [0.25, 0.3) is 0 Å². The van der Waals surface area contributed by atoms with E-state index in [4.69, 9.17) is 5.73 Å². The Morgan fingerprint density at radius 1 is 1.45 bits per heavy atom. The summed E-state index contributed by atoms with van der Waals surface area (Å²) in [6.07, 6.45) is 5.69. The number of carbonyl (C=O) groups excluding carboxylic acids is 1. The predicted molar refractivity (Wildman–Crippen MR) is 83.1 cm³/mol. The van der Waals surface area contributed by atoms with Crippen LogP contribution in [0.2, 0.25) is 0 Å². The van der Waals surface area contributed by atoms with Crippen molar-refractivity contribution in [2.24, 2.45) is 5.92 Å². The van der Waals surface area contributed by atoms with E-state index in [2.05, 4.69) is 17.3 Å². The van der Waals surface area contributed by atoms with Crippen LogP contribution in [0.25, 0.3) is 6.08 Å². The number of piperidine rings is 1. The number of hydrogen-bond acceptors (Lipinski definition) is 3. The Bertz CT molecular complexity index is 476. The van der Waals surface area contributed by atoms with Crippen LogP contribution in [0.3, 0.4) is 0 Å². The van der Waals surface area contributed by atoms with E-state index in [0.717, 1.165) is 38.0 Å². The van der Waals surface area contributed by atoms with Gasteiger partial charge in [0.2, 0.25) is 5.91 Å². The molecule has 0 atom stereocenters. The maximum Gasteiger partial charge on any atom is 0.244 e. The number of nitrogens with two attached hydrogens (primary N) is 1. The van der Waals surface area contributed by atoms with Crippen LogP contribution in [0.1, 0.15) is 18.4 Å². The minimum atomic E-state index is -0.0358. The Labute approximate surface area is 120 Å². The van der Waals surface area contributed by atoms with E-state index in [0.29, 0.717) is 11.6 Å². The van der Waals surface area contributed by atoms with E-state index in [9.17, 15) is 4.79 Å². The molecular formula is C16H23N3O. The Balaban J connectivity index is 1.75. The Hall–Kier alpha value is -1.81. The second-order valence-corrected chi connectivity index (χ2v) is 5.50. The van der Waals surface area contributed by atoms with Gasteiger partial charge in [0.05, 0.1) is 0 Å². The number of nitrogen functional groups attached to an aromatic ring is 1. The molecule has 1 saturated heterocycles. The first-order valence-electron chi connectivity index (χ1n) is 7.13. The molecule has 1 aromatic rings. The van der Waals surface area contributed by atoms with Crippen LogP contribution in [0.4, 0.5) is 5.69 Å². The van der Waals surface area contributed by atoms with Gasteiger partial charge in [-0.15, -0.1) is 0 Å². The molecular weight excluding hydrogens is 250 g/mol. The lowest BCUT2D eigenvalue weighted by molar-refractivity contribution is -0.116. The summed E-state index contributed by atoms with van der Waals surface area (Å²) in [5.74, 6) is 0.572. The molecule has 0 saturated carbocycles. The summed E-state index contributed by atoms with van der Waals surface area (Å²) < 4.78 is 0. The monoisotopic (exact) mass is 273 g/mol. The average molecular weight is 273 g/mol. The number of carbonyl (C=O) groups is 1. The van der Waals surface area contributed by atoms with E-state index in [-0.39, 0.29) is 5.91 Å². The number of benzene rings is 1. The van der Waals surface area contributed by atoms with Crippen molar-refractivity contribution in [3.63, 3.8) is 0 Å². The van der Waals surface area contributed by atoms with Crippen LogP contribution >= 0.6 is 0 Å². The lowest BCUT2D eigenvalue weighted by Gasteiger charge is -2.28. The molecule has 108 valence electrons. The van der Waals surface area contributed by atoms with Gasteiger partial charge < -0.3 is 16.0 Å². The third-order valence-electron chi connectivity index (χ3n) is 3.74. The van der Waals surface area contributed by atoms with E-state index < -0.39 is 0 Å². The van der Waals surface area contributed by atoms with Crippen molar-refractivity contribution in [3.8, 4) is 0 Å². The zero-order valence-corrected chi connectivity index (χ0v) is 12.0. The lowest BCUT2D eigenvalue weighted by Crippen LogP contribution is -2.36. The summed E-state index contributed by atoms with van der Waals surface area (Å²) in [5, 5.41) is 2.98. The minimum Gasteiger partial charge on any atom is -0.399 e. The second-order valence-electron chi connectivity index (χ2n) is 5.50. The van der Waals surface area contributed by atoms with Crippen LogP contribution < -0.4 is 11.1 Å². The summed E-state index contributed by atoms with van der Waals surface area (Å²) >= 11 is 0. The van der Waals surface area contributed by atoms with Crippen molar-refractivity contribution in [3.05, 3.63) is 35.9 Å². The molecule has 2 rings (SSSR count). The summed E-state index contributed by atoms with van der Waals surface area (Å²) in [6.45, 7) is 3.02. The topological polar surface area (TPSA) is 58.4 Å². The van der Waals surface area contributed by atoms with Crippen LogP contribution in [-0.2, 0) is 4.79 Å². The quantitative estimate of drug-likeness (QED) is 0.649. The van der Waals surface area contributed by atoms with E-state index in [1.165, 1.54) is 0 Å². The first-order valence-corrected chi connectivity index (χ1v) is 7.13. The molecule has 0 aliphatic carbocycles. The number of amides is 1. The molecule has 4 heteroatoms. The summed E-state index contributed by atoms with van der Waals surface area (Å²) in [5.41, 5.74) is 7.35. The molecule has 20 heavy (non-hydrogen) atoms. The standard InChI is InChI=1S/C16H23N3O/c1-19-9-7-14(8-10-19)12-18-16(20)6-5-13-3-2-4-15(17)11-13/h2-6,11,14H,7-10,12,17H2,1H3,(H,18,20)/b6-5+. The molecule has 1 fully saturated rings. The number of anilines is 1. The van der Waals surface area contributed by atoms with Crippen LogP contribution in [-0.4, -0.2) is 37.5 Å². The zero-order valence-electron chi connectivity index (χ0n) is 12.0. The van der Waals surface area contributed by atoms with Gasteiger partial charge in [-0.1, -0.05) is 12.1 Å². The largest absolute Gasteiger partial charge is 0.399 e. The van der Waals surface area contributed by atoms with Crippen molar-refractivity contribution < 1.29 is 4.79 Å². The highest BCUT2D eigenvalue weighted by molar-refractivity contribution is 5.91. The Morgan fingerprint density at radius 2 is 2.20 bits per heavy atom. The van der Waals surface area contributed by atoms with Gasteiger partial charge in [-0.3, -0.25) is 4.79 Å². The third-order valence-corrected chi connectivity index (χ3v) is 3.74. The van der Waals surface area contributed by atoms with Crippen molar-refractivity contribution >= 4 is 17.7 Å². The molecule has 1 aliphatic rings. The first kappa shape index (κ1) is 14.6. The molecule has 0 aromatic heterocycles. The van der Waals surface area contributed by atoms with Crippen molar-refractivity contribution in [1.29, 1.82) is 0 Å². The molecule has 0 unspecified atom stereocenters. The molecule has 1 amide bonds. The highest BCUT2D eigenvalue weighted by atomic mass is 16.1. The normalized spacial score (nSPS) is 17.4. The van der Waals surface area contributed by atoms with E-state index in [1.807, 2.05) is 24.3 Å². The number of nitrogens with zero attached hydrogens (tertiary/aromatic N) is 1. The van der Waals surface area contributed by atoms with Gasteiger partial charge in [-0.25, -0.2) is 0 Å². The molecule has 1 aliphatic heterocycles. The lowest BCUT2D eigenvalue weighted by atomic mass is 9.97. The first-order chi connectivity index (χ1) is 9.63. The molecule has 1 aromatic carbocycles. The van der Waals surface area contributed by atoms with Crippen molar-refractivity contribution in [2.75, 3.05) is 32.4 Å². The van der Waals surface area contributed by atoms with Gasteiger partial charge in [-0.05, 0) is 62.7 Å². The second kappa shape index (κ2) is 7.10. The van der Waals surface area contributed by atoms with Gasteiger partial charge in [0.1, 0.15) is 0 Å². The minimum absolute atomic E-state index is 0.0358. The van der Waals surface area contributed by atoms with Crippen LogP contribution in [0.5, 0.6) is 0 Å². The van der Waals surface area contributed by atoms with E-state index >= 15 is 0 Å². The van der Waals surface area contributed by atoms with Crippen LogP contribution in [0.15, 0.2) is 30.3 Å². The number of rotatable bonds is 4. The van der Waals surface area contributed by atoms with E-state index in [1.54, 1.807) is 12.2 Å². The smallest absolute Gasteiger partial charge is 0.244 e. The van der Waals surface area contributed by atoms with Gasteiger partial charge in [0, 0.05) is 18.3 Å². The maximum absolute atomic E-state index is 11.8. The number of hydrogen-bond donors (Lipinski definition) is 2. The van der Waals surface area contributed by atoms with Crippen molar-refractivity contribution in [1.82, 2.24) is 10.2 Å². The average Bonchev–Trinajstić information content (AvgIpc) is 2.45. The Kier molecular flexibility index (Phi) is 5.18. The van der Waals surface area contributed by atoms with Crippen molar-refractivity contribution in [2.45, 2.75) is 12.8 Å². The van der Waals surface area contributed by atoms with Gasteiger partial charge in [-0.2, -0.15) is 0 Å². The van der Waals surface area contributed by atoms with Gasteiger partial charge in [0.15, 0.2) is 0 Å². The highest BCUT2D eigenvalue weighted by Crippen LogP contribution is 2.14. The van der Waals surface area contributed by atoms with Gasteiger partial charge >= 0.3 is 0 Å². The fraction of sp³-hybridized carbons (Fsp3) is 0.438. The SMILES string of the molecule is CN1CCC(CNC(=O)/C=C/c2cccc(N)c2)CC1. The number of likely N-dealkylation sites (tertiary alicyclic amines) is 1. The number of nitrogens with one attached hydrogen (secondary N) is 1. The zero-order chi connectivity index (χ0) is 14.4. The molecule has 4 nitrogen and oxygen atoms in total. The summed E-state index contributed by atoms with van der Waals surface area (Å²) in [7, 11) is 2.14. The highest BCUT2D eigenvalue weighted by Gasteiger charge is 2.16. The summed E-state index contributed by atoms with van der Waals surface area (Å²) in [4.78, 5) is 14.1. The fourth-order valence-corrected chi connectivity index (χ4v) is 2.40. The maximum atomic E-state index is 11.8. The molecule has 1 heterocycles. The van der Waals surface area contributed by atoms with Crippen LogP contribution in [0, 0.1) is 5.92 Å². The fourth-order valence-electron chi connectivity index (χ4n) is 2.40. The third kappa shape index (κ3) is 4.70. The summed E-state index contributed by atoms with van der Waals surface area (Å²) in [6, 6.07) is 7.49.